The molecule has 3 aromatic carbocycles. The molecule has 0 aliphatic carbocycles. The van der Waals surface area contributed by atoms with Gasteiger partial charge >= 0.3 is 0 Å². The number of rotatable bonds is 14. The summed E-state index contributed by atoms with van der Waals surface area (Å²) in [6, 6.07) is 15.6. The zero-order valence-corrected chi connectivity index (χ0v) is 25.5. The minimum atomic E-state index is -0.984. The van der Waals surface area contributed by atoms with Crippen molar-refractivity contribution in [1.82, 2.24) is 10.7 Å². The van der Waals surface area contributed by atoms with Gasteiger partial charge in [-0.3, -0.25) is 19.7 Å². The number of nitrogens with zero attached hydrogens (tertiary/aromatic N) is 2. The van der Waals surface area contributed by atoms with E-state index in [9.17, 15) is 19.7 Å². The topological polar surface area (TPSA) is 141 Å². The van der Waals surface area contributed by atoms with E-state index in [-0.39, 0.29) is 46.0 Å². The number of carbonyl (C=O) groups excluding carboxylic acids is 2. The predicted molar refractivity (Wildman–Crippen MR) is 164 cm³/mol. The number of benzene rings is 3. The zero-order valence-electron chi connectivity index (χ0n) is 24.0. The van der Waals surface area contributed by atoms with E-state index in [0.717, 1.165) is 11.8 Å². The van der Waals surface area contributed by atoms with E-state index in [2.05, 4.69) is 15.8 Å². The second kappa shape index (κ2) is 15.8. The van der Waals surface area contributed by atoms with Gasteiger partial charge in [0.1, 0.15) is 18.4 Å². The van der Waals surface area contributed by atoms with Crippen molar-refractivity contribution in [3.05, 3.63) is 92.0 Å². The number of methoxy groups -OCH3 is 1. The minimum absolute atomic E-state index is 0.0377. The highest BCUT2D eigenvalue weighted by atomic mass is 35.5. The number of ether oxygens (including phenoxy) is 3. The standard InChI is InChI=1S/C30H32Cl2N4O7/c1-18(2)12-24(34-29(37)19(3)43-26-11-10-22(31)14-23(26)32)30(38)35-33-16-21-13-27(41-4)28(15-25(21)36(39)40)42-17-20-8-6-5-7-9-20/h5-11,13-16,18-19,24H,12,17H2,1-4H3,(H,34,37)(H,35,38)/b33-16-/t19-,24-/m0/s1. The van der Waals surface area contributed by atoms with E-state index < -0.39 is 28.9 Å². The van der Waals surface area contributed by atoms with Gasteiger partial charge in [-0.25, -0.2) is 5.43 Å². The number of hydrazone groups is 1. The third kappa shape index (κ3) is 9.86. The quantitative estimate of drug-likeness (QED) is 0.128. The normalized spacial score (nSPS) is 12.4. The van der Waals surface area contributed by atoms with Gasteiger partial charge < -0.3 is 19.5 Å². The smallest absolute Gasteiger partial charge is 0.282 e. The number of carbonyl (C=O) groups is 2. The molecule has 0 aromatic heterocycles. The lowest BCUT2D eigenvalue weighted by atomic mass is 10.0. The number of nitro groups is 1. The summed E-state index contributed by atoms with van der Waals surface area (Å²) in [5, 5.41) is 19.0. The van der Waals surface area contributed by atoms with E-state index >= 15 is 0 Å². The van der Waals surface area contributed by atoms with Gasteiger partial charge in [0.25, 0.3) is 17.5 Å². The Morgan fingerprint density at radius 1 is 1.00 bits per heavy atom. The van der Waals surface area contributed by atoms with Gasteiger partial charge in [0.2, 0.25) is 0 Å². The molecule has 0 spiro atoms. The lowest BCUT2D eigenvalue weighted by molar-refractivity contribution is -0.385. The Morgan fingerprint density at radius 2 is 1.72 bits per heavy atom. The molecule has 228 valence electrons. The third-order valence-corrected chi connectivity index (χ3v) is 6.56. The number of hydrogen-bond donors (Lipinski definition) is 2. The summed E-state index contributed by atoms with van der Waals surface area (Å²) in [4.78, 5) is 37.1. The Kier molecular flexibility index (Phi) is 12.2. The molecule has 0 unspecified atom stereocenters. The van der Waals surface area contributed by atoms with Gasteiger partial charge in [-0.05, 0) is 49.1 Å². The molecule has 11 nitrogen and oxygen atoms in total. The van der Waals surface area contributed by atoms with Crippen LogP contribution in [0.5, 0.6) is 17.2 Å². The largest absolute Gasteiger partial charge is 0.493 e. The first kappa shape index (κ1) is 33.2. The summed E-state index contributed by atoms with van der Waals surface area (Å²) in [6.45, 7) is 5.47. The van der Waals surface area contributed by atoms with Gasteiger partial charge in [-0.15, -0.1) is 0 Å². The second-order valence-electron chi connectivity index (χ2n) is 9.85. The predicted octanol–water partition coefficient (Wildman–Crippen LogP) is 5.94. The van der Waals surface area contributed by atoms with Crippen LogP contribution in [0.3, 0.4) is 0 Å². The number of nitrogens with one attached hydrogen (secondary N) is 2. The van der Waals surface area contributed by atoms with E-state index in [1.165, 1.54) is 38.3 Å². The van der Waals surface area contributed by atoms with Crippen molar-refractivity contribution < 1.29 is 28.7 Å². The van der Waals surface area contributed by atoms with Crippen molar-refractivity contribution in [2.45, 2.75) is 45.9 Å². The lowest BCUT2D eigenvalue weighted by Crippen LogP contribution is -2.49. The van der Waals surface area contributed by atoms with Gasteiger partial charge in [0.15, 0.2) is 17.6 Å². The molecule has 43 heavy (non-hydrogen) atoms. The molecule has 0 aliphatic heterocycles. The molecule has 0 saturated carbocycles. The summed E-state index contributed by atoms with van der Waals surface area (Å²) < 4.78 is 16.8. The van der Waals surface area contributed by atoms with E-state index in [1.54, 1.807) is 6.07 Å². The zero-order chi connectivity index (χ0) is 31.5. The average molecular weight is 632 g/mol. The van der Waals surface area contributed by atoms with Crippen LogP contribution in [0.15, 0.2) is 65.8 Å². The molecule has 0 saturated heterocycles. The summed E-state index contributed by atoms with van der Waals surface area (Å²) >= 11 is 12.0. The van der Waals surface area contributed by atoms with E-state index in [0.29, 0.717) is 11.4 Å². The molecule has 0 fully saturated rings. The average Bonchev–Trinajstić information content (AvgIpc) is 2.97. The number of amides is 2. The Bertz CT molecular complexity index is 1470. The number of nitro benzene ring substituents is 1. The fourth-order valence-corrected chi connectivity index (χ4v) is 4.34. The Hall–Kier alpha value is -4.35. The van der Waals surface area contributed by atoms with Crippen LogP contribution in [0.2, 0.25) is 10.0 Å². The Labute approximate surface area is 259 Å². The van der Waals surface area contributed by atoms with Crippen LogP contribution in [-0.4, -0.2) is 42.2 Å². The van der Waals surface area contributed by atoms with Crippen LogP contribution in [0, 0.1) is 16.0 Å². The maximum Gasteiger partial charge on any atom is 0.282 e. The molecule has 3 rings (SSSR count). The highest BCUT2D eigenvalue weighted by Crippen LogP contribution is 2.34. The molecule has 0 radical (unpaired) electrons. The monoisotopic (exact) mass is 630 g/mol. The van der Waals surface area contributed by atoms with Crippen LogP contribution in [-0.2, 0) is 16.2 Å². The van der Waals surface area contributed by atoms with Crippen LogP contribution in [0.25, 0.3) is 0 Å². The molecule has 0 bridgehead atoms. The molecule has 3 aromatic rings. The number of halogens is 2. The first-order chi connectivity index (χ1) is 20.5. The van der Waals surface area contributed by atoms with Crippen molar-refractivity contribution in [2.75, 3.05) is 7.11 Å². The maximum atomic E-state index is 13.0. The first-order valence-electron chi connectivity index (χ1n) is 13.3. The van der Waals surface area contributed by atoms with Gasteiger partial charge in [-0.1, -0.05) is 67.4 Å². The molecule has 2 N–H and O–H groups in total. The summed E-state index contributed by atoms with van der Waals surface area (Å²) in [7, 11) is 1.41. The van der Waals surface area contributed by atoms with Crippen LogP contribution in [0.4, 0.5) is 5.69 Å². The molecule has 2 amide bonds. The summed E-state index contributed by atoms with van der Waals surface area (Å²) in [5.41, 5.74) is 2.99. The molecule has 2 atom stereocenters. The van der Waals surface area contributed by atoms with Gasteiger partial charge in [0, 0.05) is 5.02 Å². The van der Waals surface area contributed by atoms with Crippen molar-refractivity contribution >= 4 is 46.9 Å². The van der Waals surface area contributed by atoms with Crippen LogP contribution < -0.4 is 25.0 Å². The van der Waals surface area contributed by atoms with Gasteiger partial charge in [0.05, 0.1) is 34.9 Å². The van der Waals surface area contributed by atoms with E-state index in [4.69, 9.17) is 37.4 Å². The van der Waals surface area contributed by atoms with E-state index in [1.807, 2.05) is 44.2 Å². The maximum absolute atomic E-state index is 13.0. The van der Waals surface area contributed by atoms with Gasteiger partial charge in [-0.2, -0.15) is 5.10 Å². The molecule has 0 heterocycles. The first-order valence-corrected chi connectivity index (χ1v) is 14.0. The summed E-state index contributed by atoms with van der Waals surface area (Å²) in [5.74, 6) is -0.452. The van der Waals surface area contributed by atoms with Crippen molar-refractivity contribution in [1.29, 1.82) is 0 Å². The van der Waals surface area contributed by atoms with Crippen LogP contribution >= 0.6 is 23.2 Å². The Morgan fingerprint density at radius 3 is 2.35 bits per heavy atom. The third-order valence-electron chi connectivity index (χ3n) is 6.03. The highest BCUT2D eigenvalue weighted by molar-refractivity contribution is 6.35. The molecule has 0 aliphatic rings. The lowest BCUT2D eigenvalue weighted by Gasteiger charge is -2.22. The summed E-state index contributed by atoms with van der Waals surface area (Å²) in [6.07, 6.45) is 0.438. The SMILES string of the molecule is COc1cc(/C=N\NC(=O)[C@H](CC(C)C)NC(=O)[C@H](C)Oc2ccc(Cl)cc2Cl)c([N+](=O)[O-])cc1OCc1ccccc1. The highest BCUT2D eigenvalue weighted by Gasteiger charge is 2.26. The van der Waals surface area contributed by atoms with Crippen LogP contribution in [0.1, 0.15) is 38.3 Å². The molecular weight excluding hydrogens is 599 g/mol. The second-order valence-corrected chi connectivity index (χ2v) is 10.7. The fourth-order valence-electron chi connectivity index (χ4n) is 3.88. The van der Waals surface area contributed by atoms with Crippen molar-refractivity contribution in [2.24, 2.45) is 11.0 Å². The molecule has 13 heteroatoms. The fraction of sp³-hybridized carbons (Fsp3) is 0.300. The van der Waals surface area contributed by atoms with Crippen molar-refractivity contribution in [3.63, 3.8) is 0 Å². The minimum Gasteiger partial charge on any atom is -0.493 e. The molecular formula is C30H32Cl2N4O7. The van der Waals surface area contributed by atoms with Crippen molar-refractivity contribution in [3.8, 4) is 17.2 Å². The Balaban J connectivity index is 1.71. The number of hydrogen-bond acceptors (Lipinski definition) is 8.